The van der Waals surface area contributed by atoms with Crippen LogP contribution in [0, 0.1) is 5.92 Å². The molecule has 0 fully saturated rings. The molecule has 82 valence electrons. The summed E-state index contributed by atoms with van der Waals surface area (Å²) in [7, 11) is 0. The Morgan fingerprint density at radius 1 is 1.53 bits per heavy atom. The lowest BCUT2D eigenvalue weighted by Crippen LogP contribution is -2.22. The van der Waals surface area contributed by atoms with E-state index in [2.05, 4.69) is 20.9 Å². The van der Waals surface area contributed by atoms with Gasteiger partial charge >= 0.3 is 5.97 Å². The number of nitrogens with zero attached hydrogens (tertiary/aromatic N) is 1. The van der Waals surface area contributed by atoms with Crippen LogP contribution in [0.2, 0.25) is 0 Å². The van der Waals surface area contributed by atoms with Gasteiger partial charge in [0.05, 0.1) is 5.03 Å². The number of carboxylic acid groups (broad SMARTS) is 1. The predicted molar refractivity (Wildman–Crippen MR) is 64.1 cm³/mol. The number of hydrogen-bond acceptors (Lipinski definition) is 3. The van der Waals surface area contributed by atoms with Crippen molar-refractivity contribution in [1.82, 2.24) is 4.98 Å². The molecule has 3 nitrogen and oxygen atoms in total. The highest BCUT2D eigenvalue weighted by molar-refractivity contribution is 9.10. The highest BCUT2D eigenvalue weighted by Gasteiger charge is 2.23. The molecule has 0 aliphatic carbocycles. The molecule has 1 unspecified atom stereocenters. The third kappa shape index (κ3) is 3.83. The van der Waals surface area contributed by atoms with Crippen LogP contribution in [0.1, 0.15) is 13.8 Å². The quantitative estimate of drug-likeness (QED) is 0.866. The molecule has 0 radical (unpaired) electrons. The first-order valence-electron chi connectivity index (χ1n) is 4.51. The van der Waals surface area contributed by atoms with Gasteiger partial charge in [0.1, 0.15) is 5.25 Å². The molecule has 1 N–H and O–H groups in total. The summed E-state index contributed by atoms with van der Waals surface area (Å²) in [6, 6.07) is 3.67. The number of thioether (sulfide) groups is 1. The van der Waals surface area contributed by atoms with Gasteiger partial charge in [-0.1, -0.05) is 25.6 Å². The van der Waals surface area contributed by atoms with Gasteiger partial charge in [0.15, 0.2) is 0 Å². The monoisotopic (exact) mass is 289 g/mol. The summed E-state index contributed by atoms with van der Waals surface area (Å²) in [5.74, 6) is -0.710. The van der Waals surface area contributed by atoms with E-state index in [9.17, 15) is 4.79 Å². The normalized spacial score (nSPS) is 12.8. The Kier molecular flexibility index (Phi) is 4.60. The lowest BCUT2D eigenvalue weighted by molar-refractivity contribution is -0.137. The summed E-state index contributed by atoms with van der Waals surface area (Å²) < 4.78 is 0.892. The van der Waals surface area contributed by atoms with Crippen LogP contribution in [0.4, 0.5) is 0 Å². The average molecular weight is 290 g/mol. The van der Waals surface area contributed by atoms with E-state index in [0.29, 0.717) is 0 Å². The fourth-order valence-corrected chi connectivity index (χ4v) is 2.16. The molecule has 1 aromatic heterocycles. The van der Waals surface area contributed by atoms with Gasteiger partial charge in [0.2, 0.25) is 0 Å². The molecular formula is C10H12BrNO2S. The highest BCUT2D eigenvalue weighted by atomic mass is 79.9. The van der Waals surface area contributed by atoms with E-state index in [1.165, 1.54) is 11.8 Å². The van der Waals surface area contributed by atoms with Gasteiger partial charge < -0.3 is 5.11 Å². The van der Waals surface area contributed by atoms with Crippen molar-refractivity contribution in [3.63, 3.8) is 0 Å². The third-order valence-corrected chi connectivity index (χ3v) is 3.75. The van der Waals surface area contributed by atoms with Crippen LogP contribution in [-0.2, 0) is 4.79 Å². The van der Waals surface area contributed by atoms with Crippen molar-refractivity contribution in [2.24, 2.45) is 5.92 Å². The summed E-state index contributed by atoms with van der Waals surface area (Å²) in [5, 5.41) is 9.29. The topological polar surface area (TPSA) is 50.2 Å². The zero-order valence-corrected chi connectivity index (χ0v) is 10.9. The van der Waals surface area contributed by atoms with Crippen molar-refractivity contribution in [2.45, 2.75) is 24.1 Å². The maximum absolute atomic E-state index is 11.0. The van der Waals surface area contributed by atoms with Crippen LogP contribution >= 0.6 is 27.7 Å². The first-order valence-corrected chi connectivity index (χ1v) is 6.19. The lowest BCUT2D eigenvalue weighted by atomic mass is 10.1. The van der Waals surface area contributed by atoms with Gasteiger partial charge in [0, 0.05) is 10.7 Å². The number of carbonyl (C=O) groups is 1. The van der Waals surface area contributed by atoms with Crippen molar-refractivity contribution < 1.29 is 9.90 Å². The SMILES string of the molecule is CC(C)C(Sc1ccc(Br)cn1)C(=O)O. The number of carboxylic acids is 1. The second-order valence-electron chi connectivity index (χ2n) is 3.44. The minimum Gasteiger partial charge on any atom is -0.480 e. The van der Waals surface area contributed by atoms with Gasteiger partial charge in [-0.3, -0.25) is 4.79 Å². The van der Waals surface area contributed by atoms with Crippen molar-refractivity contribution >= 4 is 33.7 Å². The Bertz CT molecular complexity index is 340. The predicted octanol–water partition coefficient (Wildman–Crippen LogP) is 3.05. The van der Waals surface area contributed by atoms with Crippen LogP contribution in [0.5, 0.6) is 0 Å². The summed E-state index contributed by atoms with van der Waals surface area (Å²) in [6.07, 6.45) is 1.67. The molecule has 0 amide bonds. The van der Waals surface area contributed by atoms with E-state index in [0.717, 1.165) is 9.50 Å². The summed E-state index contributed by atoms with van der Waals surface area (Å²) in [6.45, 7) is 3.79. The number of aromatic nitrogens is 1. The molecule has 0 spiro atoms. The molecular weight excluding hydrogens is 278 g/mol. The lowest BCUT2D eigenvalue weighted by Gasteiger charge is -2.14. The summed E-state index contributed by atoms with van der Waals surface area (Å²) in [5.41, 5.74) is 0. The standard InChI is InChI=1S/C10H12BrNO2S/c1-6(2)9(10(13)14)15-8-4-3-7(11)5-12-8/h3-6,9H,1-2H3,(H,13,14). The molecule has 1 heterocycles. The second kappa shape index (κ2) is 5.51. The van der Waals surface area contributed by atoms with Crippen LogP contribution in [0.3, 0.4) is 0 Å². The first kappa shape index (κ1) is 12.5. The van der Waals surface area contributed by atoms with Crippen molar-refractivity contribution in [2.75, 3.05) is 0 Å². The molecule has 0 saturated carbocycles. The Labute approximate surface area is 101 Å². The largest absolute Gasteiger partial charge is 0.480 e. The van der Waals surface area contributed by atoms with Crippen LogP contribution in [0.15, 0.2) is 27.8 Å². The summed E-state index contributed by atoms with van der Waals surface area (Å²) >= 11 is 4.56. The average Bonchev–Trinajstić information content (AvgIpc) is 2.15. The van der Waals surface area contributed by atoms with E-state index in [1.807, 2.05) is 26.0 Å². The maximum atomic E-state index is 11.0. The molecule has 1 aromatic rings. The van der Waals surface area contributed by atoms with Crippen molar-refractivity contribution in [3.8, 4) is 0 Å². The zero-order valence-electron chi connectivity index (χ0n) is 8.48. The van der Waals surface area contributed by atoms with Gasteiger partial charge in [0.25, 0.3) is 0 Å². The van der Waals surface area contributed by atoms with Crippen LogP contribution in [0.25, 0.3) is 0 Å². The highest BCUT2D eigenvalue weighted by Crippen LogP contribution is 2.27. The van der Waals surface area contributed by atoms with E-state index < -0.39 is 11.2 Å². The Hall–Kier alpha value is -0.550. The van der Waals surface area contributed by atoms with Crippen molar-refractivity contribution in [1.29, 1.82) is 0 Å². The Balaban J connectivity index is 2.74. The molecule has 0 bridgehead atoms. The number of hydrogen-bond donors (Lipinski definition) is 1. The van der Waals surface area contributed by atoms with Crippen LogP contribution in [-0.4, -0.2) is 21.3 Å². The number of pyridine rings is 1. The molecule has 1 rings (SSSR count). The van der Waals surface area contributed by atoms with E-state index in [-0.39, 0.29) is 5.92 Å². The fraction of sp³-hybridized carbons (Fsp3) is 0.400. The molecule has 0 aliphatic heterocycles. The third-order valence-electron chi connectivity index (χ3n) is 1.80. The van der Waals surface area contributed by atoms with Gasteiger partial charge in [-0.2, -0.15) is 0 Å². The van der Waals surface area contributed by atoms with Gasteiger partial charge in [-0.15, -0.1) is 0 Å². The minimum atomic E-state index is -0.792. The van der Waals surface area contributed by atoms with E-state index in [4.69, 9.17) is 5.11 Å². The Morgan fingerprint density at radius 3 is 2.60 bits per heavy atom. The molecule has 15 heavy (non-hydrogen) atoms. The smallest absolute Gasteiger partial charge is 0.317 e. The van der Waals surface area contributed by atoms with Crippen LogP contribution < -0.4 is 0 Å². The Morgan fingerprint density at radius 2 is 2.20 bits per heavy atom. The van der Waals surface area contributed by atoms with Crippen molar-refractivity contribution in [3.05, 3.63) is 22.8 Å². The molecule has 5 heteroatoms. The number of halogens is 1. The molecule has 1 atom stereocenters. The second-order valence-corrected chi connectivity index (χ2v) is 5.51. The number of rotatable bonds is 4. The summed E-state index contributed by atoms with van der Waals surface area (Å²) in [4.78, 5) is 15.1. The first-order chi connectivity index (χ1) is 7.00. The molecule has 0 aromatic carbocycles. The van der Waals surface area contributed by atoms with E-state index >= 15 is 0 Å². The zero-order chi connectivity index (χ0) is 11.4. The minimum absolute atomic E-state index is 0.0814. The number of aliphatic carboxylic acids is 1. The molecule has 0 aliphatic rings. The van der Waals surface area contributed by atoms with E-state index in [1.54, 1.807) is 6.20 Å². The van der Waals surface area contributed by atoms with Gasteiger partial charge in [-0.05, 0) is 34.0 Å². The molecule has 0 saturated heterocycles. The fourth-order valence-electron chi connectivity index (χ4n) is 1.03. The van der Waals surface area contributed by atoms with Gasteiger partial charge in [-0.25, -0.2) is 4.98 Å². The maximum Gasteiger partial charge on any atom is 0.317 e.